The van der Waals surface area contributed by atoms with Crippen LogP contribution in [0, 0.1) is 45.6 Å². The summed E-state index contributed by atoms with van der Waals surface area (Å²) in [4.78, 5) is 31.5. The summed E-state index contributed by atoms with van der Waals surface area (Å²) in [5, 5.41) is 34.1. The van der Waals surface area contributed by atoms with Crippen LogP contribution in [-0.2, 0) is 10.3 Å². The molecule has 2 heterocycles. The van der Waals surface area contributed by atoms with Gasteiger partial charge in [0.15, 0.2) is 0 Å². The van der Waals surface area contributed by atoms with Gasteiger partial charge < -0.3 is 4.90 Å². The lowest BCUT2D eigenvalue weighted by Gasteiger charge is -2.39. The minimum absolute atomic E-state index is 0.0436. The number of carbonyl (C=O) groups excluding carboxylic acids is 1. The van der Waals surface area contributed by atoms with Crippen molar-refractivity contribution in [1.82, 2.24) is 9.88 Å². The largest absolute Gasteiger partial charge is 0.343 e. The van der Waals surface area contributed by atoms with Gasteiger partial charge in [0.25, 0.3) is 5.54 Å². The molecule has 0 spiro atoms. The summed E-state index contributed by atoms with van der Waals surface area (Å²) in [5.74, 6) is -0.444. The normalized spacial score (nSPS) is 15.2. The van der Waals surface area contributed by atoms with E-state index < -0.39 is 11.5 Å². The summed E-state index contributed by atoms with van der Waals surface area (Å²) in [6.07, 6.45) is 0.914. The molecule has 4 aromatic rings. The van der Waals surface area contributed by atoms with Gasteiger partial charge >= 0.3 is 0 Å². The summed E-state index contributed by atoms with van der Waals surface area (Å²) in [6, 6.07) is 26.0. The molecule has 1 saturated heterocycles. The zero-order chi connectivity index (χ0) is 28.4. The third kappa shape index (κ3) is 4.24. The van der Waals surface area contributed by atoms with Crippen molar-refractivity contribution in [1.29, 1.82) is 10.5 Å². The van der Waals surface area contributed by atoms with Crippen LogP contribution in [-0.4, -0.2) is 33.8 Å². The number of benzene rings is 3. The summed E-state index contributed by atoms with van der Waals surface area (Å²) in [7, 11) is 0. The lowest BCUT2D eigenvalue weighted by atomic mass is 9.69. The van der Waals surface area contributed by atoms with Gasteiger partial charge in [-0.2, -0.15) is 10.5 Å². The van der Waals surface area contributed by atoms with Gasteiger partial charge in [0, 0.05) is 52.9 Å². The predicted octanol–water partition coefficient (Wildman–Crippen LogP) is 5.73. The third-order valence-corrected chi connectivity index (χ3v) is 8.03. The molecule has 1 aliphatic rings. The average Bonchev–Trinajstić information content (AvgIpc) is 2.97. The van der Waals surface area contributed by atoms with Gasteiger partial charge in [0.05, 0.1) is 11.1 Å². The molecule has 0 bridgehead atoms. The van der Waals surface area contributed by atoms with Gasteiger partial charge in [0.2, 0.25) is 5.91 Å². The third-order valence-electron chi connectivity index (χ3n) is 8.03. The van der Waals surface area contributed by atoms with Crippen molar-refractivity contribution in [3.63, 3.8) is 0 Å². The Balaban J connectivity index is 1.82. The van der Waals surface area contributed by atoms with E-state index in [4.69, 9.17) is 0 Å². The number of aryl methyl sites for hydroxylation is 1. The van der Waals surface area contributed by atoms with Crippen LogP contribution >= 0.6 is 0 Å². The Morgan fingerprint density at radius 2 is 1.62 bits per heavy atom. The van der Waals surface area contributed by atoms with Crippen LogP contribution in [0.4, 0.5) is 0 Å². The molecule has 1 amide bonds. The van der Waals surface area contributed by atoms with E-state index in [2.05, 4.69) is 17.1 Å². The first-order chi connectivity index (χ1) is 19.3. The van der Waals surface area contributed by atoms with Crippen molar-refractivity contribution in [2.24, 2.45) is 5.92 Å². The van der Waals surface area contributed by atoms with E-state index in [-0.39, 0.29) is 22.1 Å². The van der Waals surface area contributed by atoms with Crippen LogP contribution in [0.1, 0.15) is 47.7 Å². The second kappa shape index (κ2) is 10.6. The van der Waals surface area contributed by atoms with Crippen LogP contribution in [0.3, 0.4) is 0 Å². The van der Waals surface area contributed by atoms with Gasteiger partial charge in [-0.3, -0.25) is 14.9 Å². The Kier molecular flexibility index (Phi) is 7.02. The van der Waals surface area contributed by atoms with Crippen molar-refractivity contribution < 1.29 is 9.72 Å². The molecule has 1 atom stereocenters. The van der Waals surface area contributed by atoms with E-state index in [0.717, 1.165) is 0 Å². The fourth-order valence-electron chi connectivity index (χ4n) is 6.14. The number of hydrogen-bond donors (Lipinski definition) is 0. The predicted molar refractivity (Wildman–Crippen MR) is 151 cm³/mol. The first-order valence-electron chi connectivity index (χ1n) is 13.1. The van der Waals surface area contributed by atoms with Crippen LogP contribution in [0.25, 0.3) is 22.0 Å². The zero-order valence-corrected chi connectivity index (χ0v) is 22.3. The second-order valence-corrected chi connectivity index (χ2v) is 10.2. The number of amides is 1. The second-order valence-electron chi connectivity index (χ2n) is 10.2. The lowest BCUT2D eigenvalue weighted by molar-refractivity contribution is -0.578. The zero-order valence-electron chi connectivity index (χ0n) is 22.3. The summed E-state index contributed by atoms with van der Waals surface area (Å²) in [5.41, 5.74) is 1.97. The fraction of sp³-hybridized carbons (Fsp3) is 0.250. The quantitative estimate of drug-likeness (QED) is 0.240. The van der Waals surface area contributed by atoms with Crippen LogP contribution in [0.5, 0.6) is 0 Å². The highest BCUT2D eigenvalue weighted by Gasteiger charge is 2.54. The van der Waals surface area contributed by atoms with Crippen molar-refractivity contribution in [3.05, 3.63) is 111 Å². The maximum Gasteiger partial charge on any atom is 0.274 e. The molecule has 1 aliphatic heterocycles. The molecule has 5 rings (SSSR count). The van der Waals surface area contributed by atoms with Gasteiger partial charge in [-0.1, -0.05) is 60.7 Å². The van der Waals surface area contributed by atoms with E-state index in [1.807, 2.05) is 36.4 Å². The number of aromatic nitrogens is 1. The molecule has 0 aliphatic carbocycles. The molecule has 1 aromatic heterocycles. The summed E-state index contributed by atoms with van der Waals surface area (Å²) in [6.45, 7) is 4.19. The SMILES string of the molecule is CC(=O)N1CCC(C(c2ccccc2)(c2cc(C)c3nc(C#N)c(-c4ccccc4)c(C#N)c3c2)[N+](=O)[O-])CC1. The van der Waals surface area contributed by atoms with Crippen molar-refractivity contribution in [2.45, 2.75) is 32.2 Å². The molecular weight excluding hydrogens is 502 g/mol. The minimum Gasteiger partial charge on any atom is -0.343 e. The number of piperidine rings is 1. The first kappa shape index (κ1) is 26.5. The van der Waals surface area contributed by atoms with E-state index in [9.17, 15) is 25.4 Å². The Labute approximate surface area is 232 Å². The van der Waals surface area contributed by atoms with Crippen molar-refractivity contribution in [2.75, 3.05) is 13.1 Å². The number of rotatable bonds is 5. The Morgan fingerprint density at radius 1 is 1.00 bits per heavy atom. The Morgan fingerprint density at radius 3 is 2.17 bits per heavy atom. The molecule has 0 saturated carbocycles. The average molecular weight is 530 g/mol. The van der Waals surface area contributed by atoms with E-state index in [0.29, 0.717) is 64.7 Å². The summed E-state index contributed by atoms with van der Waals surface area (Å²) < 4.78 is 0. The number of fused-ring (bicyclic) bond motifs is 1. The standard InChI is InChI=1S/C32H27N5O3/c1-21-17-26(18-27-28(19-33)30(23-9-5-3-6-10-23)29(20-34)35-31(21)27)32(37(39)40,24-11-7-4-8-12-24)25-13-15-36(16-14-25)22(2)38/h3-12,17-18,25H,13-16H2,1-2H3. The highest BCUT2D eigenvalue weighted by Crippen LogP contribution is 2.46. The first-order valence-corrected chi connectivity index (χ1v) is 13.1. The van der Waals surface area contributed by atoms with Gasteiger partial charge in [-0.25, -0.2) is 4.98 Å². The minimum atomic E-state index is -1.61. The molecule has 0 radical (unpaired) electrons. The van der Waals surface area contributed by atoms with Crippen LogP contribution in [0.15, 0.2) is 72.8 Å². The molecule has 1 unspecified atom stereocenters. The number of nitrogens with zero attached hydrogens (tertiary/aromatic N) is 5. The maximum absolute atomic E-state index is 13.3. The Hall–Kier alpha value is -5.08. The lowest BCUT2D eigenvalue weighted by Crippen LogP contribution is -2.49. The maximum atomic E-state index is 13.3. The number of nitro groups is 1. The monoisotopic (exact) mass is 529 g/mol. The number of nitriles is 2. The van der Waals surface area contributed by atoms with E-state index in [1.54, 1.807) is 48.2 Å². The van der Waals surface area contributed by atoms with Gasteiger partial charge in [-0.15, -0.1) is 0 Å². The summed E-state index contributed by atoms with van der Waals surface area (Å²) >= 11 is 0. The molecule has 198 valence electrons. The van der Waals surface area contributed by atoms with Gasteiger partial charge in [-0.05, 0) is 43.0 Å². The van der Waals surface area contributed by atoms with Gasteiger partial charge in [0.1, 0.15) is 17.8 Å². The van der Waals surface area contributed by atoms with Crippen molar-refractivity contribution in [3.8, 4) is 23.3 Å². The van der Waals surface area contributed by atoms with Crippen LogP contribution < -0.4 is 0 Å². The number of carbonyl (C=O) groups is 1. The van der Waals surface area contributed by atoms with E-state index in [1.165, 1.54) is 6.92 Å². The molecule has 8 heteroatoms. The highest BCUT2D eigenvalue weighted by atomic mass is 16.6. The topological polar surface area (TPSA) is 124 Å². The highest BCUT2D eigenvalue weighted by molar-refractivity contribution is 5.95. The van der Waals surface area contributed by atoms with Crippen LogP contribution in [0.2, 0.25) is 0 Å². The fourth-order valence-corrected chi connectivity index (χ4v) is 6.14. The molecule has 3 aromatic carbocycles. The van der Waals surface area contributed by atoms with Crippen molar-refractivity contribution >= 4 is 16.8 Å². The Bertz CT molecular complexity index is 1700. The number of pyridine rings is 1. The van der Waals surface area contributed by atoms with E-state index >= 15 is 0 Å². The molecule has 1 fully saturated rings. The molecule has 0 N–H and O–H groups in total. The molecular formula is C32H27N5O3. The number of hydrogen-bond acceptors (Lipinski definition) is 6. The molecule has 40 heavy (non-hydrogen) atoms. The smallest absolute Gasteiger partial charge is 0.274 e. The molecule has 8 nitrogen and oxygen atoms in total. The number of likely N-dealkylation sites (tertiary alicyclic amines) is 1.